The van der Waals surface area contributed by atoms with Crippen molar-refractivity contribution in [2.24, 2.45) is 5.92 Å². The highest BCUT2D eigenvalue weighted by Gasteiger charge is 2.31. The number of nitrogens with zero attached hydrogens (tertiary/aromatic N) is 3. The molecule has 1 fully saturated rings. The van der Waals surface area contributed by atoms with Gasteiger partial charge in [0, 0.05) is 18.2 Å². The van der Waals surface area contributed by atoms with E-state index in [0.717, 1.165) is 0 Å². The lowest BCUT2D eigenvalue weighted by Crippen LogP contribution is -2.31. The van der Waals surface area contributed by atoms with Gasteiger partial charge in [0.2, 0.25) is 0 Å². The van der Waals surface area contributed by atoms with Crippen molar-refractivity contribution in [2.75, 3.05) is 16.2 Å². The number of nitrogens with one attached hydrogen (secondary N) is 1. The average Bonchev–Trinajstić information content (AvgIpc) is 3.53. The topological polar surface area (TPSA) is 84.3 Å². The van der Waals surface area contributed by atoms with Gasteiger partial charge in [-0.25, -0.2) is 13.1 Å². The number of hydrogen-bond acceptors (Lipinski definition) is 4. The van der Waals surface area contributed by atoms with Gasteiger partial charge >= 0.3 is 0 Å². The van der Waals surface area contributed by atoms with Crippen LogP contribution in [-0.2, 0) is 10.0 Å². The van der Waals surface area contributed by atoms with Crippen molar-refractivity contribution in [1.29, 1.82) is 0 Å². The van der Waals surface area contributed by atoms with Crippen LogP contribution in [0.3, 0.4) is 0 Å². The molecule has 2 aromatic carbocycles. The number of para-hydroxylation sites is 1. The third-order valence-electron chi connectivity index (χ3n) is 5.62. The van der Waals surface area contributed by atoms with Crippen LogP contribution in [0.2, 0.25) is 0 Å². The smallest absolute Gasteiger partial charge is 0.264 e. The highest BCUT2D eigenvalue weighted by molar-refractivity contribution is 7.92. The maximum absolute atomic E-state index is 13.3. The lowest BCUT2D eigenvalue weighted by Gasteiger charge is -2.23. The fourth-order valence-corrected chi connectivity index (χ4v) is 5.24. The van der Waals surface area contributed by atoms with Gasteiger partial charge in [0.15, 0.2) is 0 Å². The standard InChI is InChI=1S/C23H26N4O3S/c1-3-26(20-9-5-4-6-10-20)31(29,30)21-11-7-8-19(16-21)23(28)25-22-14-15-24-27(22)17(2)18-12-13-18/h4-11,14-18H,3,12-13H2,1-2H3,(H,25,28)/t17-/m0/s1. The van der Waals surface area contributed by atoms with E-state index in [0.29, 0.717) is 17.4 Å². The van der Waals surface area contributed by atoms with Gasteiger partial charge < -0.3 is 5.32 Å². The van der Waals surface area contributed by atoms with Crippen molar-refractivity contribution >= 4 is 27.4 Å². The third kappa shape index (κ3) is 4.34. The molecule has 1 aliphatic rings. The molecule has 0 bridgehead atoms. The molecule has 3 aromatic rings. The van der Waals surface area contributed by atoms with Crippen molar-refractivity contribution < 1.29 is 13.2 Å². The van der Waals surface area contributed by atoms with Crippen LogP contribution in [0.25, 0.3) is 0 Å². The van der Waals surface area contributed by atoms with Crippen molar-refractivity contribution in [3.05, 3.63) is 72.4 Å². The van der Waals surface area contributed by atoms with E-state index in [2.05, 4.69) is 17.3 Å². The number of amides is 1. The number of carbonyl (C=O) groups is 1. The second-order valence-corrected chi connectivity index (χ2v) is 9.59. The van der Waals surface area contributed by atoms with E-state index in [1.165, 1.54) is 29.3 Å². The number of hydrogen-bond donors (Lipinski definition) is 1. The first-order valence-corrected chi connectivity index (χ1v) is 11.9. The summed E-state index contributed by atoms with van der Waals surface area (Å²) in [6, 6.07) is 17.0. The van der Waals surface area contributed by atoms with E-state index < -0.39 is 10.0 Å². The quantitative estimate of drug-likeness (QED) is 0.568. The molecule has 1 heterocycles. The summed E-state index contributed by atoms with van der Waals surface area (Å²) in [5, 5.41) is 7.23. The van der Waals surface area contributed by atoms with Gasteiger partial charge in [0.1, 0.15) is 5.82 Å². The second kappa shape index (κ2) is 8.55. The van der Waals surface area contributed by atoms with Crippen LogP contribution in [0.4, 0.5) is 11.5 Å². The molecule has 4 rings (SSSR count). The number of carbonyl (C=O) groups excluding carboxylic acids is 1. The fraction of sp³-hybridized carbons (Fsp3) is 0.304. The Kier molecular flexibility index (Phi) is 5.82. The van der Waals surface area contributed by atoms with E-state index in [9.17, 15) is 13.2 Å². The Morgan fingerprint density at radius 2 is 1.90 bits per heavy atom. The van der Waals surface area contributed by atoms with Crippen LogP contribution in [0.5, 0.6) is 0 Å². The van der Waals surface area contributed by atoms with Crippen LogP contribution in [0.1, 0.15) is 43.1 Å². The Labute approximate surface area is 182 Å². The van der Waals surface area contributed by atoms with Gasteiger partial charge in [-0.15, -0.1) is 0 Å². The molecule has 1 amide bonds. The molecule has 1 atom stereocenters. The van der Waals surface area contributed by atoms with Crippen LogP contribution >= 0.6 is 0 Å². The summed E-state index contributed by atoms with van der Waals surface area (Å²) >= 11 is 0. The van der Waals surface area contributed by atoms with E-state index in [-0.39, 0.29) is 29.0 Å². The number of sulfonamides is 1. The minimum Gasteiger partial charge on any atom is -0.307 e. The summed E-state index contributed by atoms with van der Waals surface area (Å²) in [5.41, 5.74) is 0.856. The molecule has 0 saturated heterocycles. The van der Waals surface area contributed by atoms with Crippen molar-refractivity contribution in [3.63, 3.8) is 0 Å². The van der Waals surface area contributed by atoms with Gasteiger partial charge in [-0.3, -0.25) is 9.10 Å². The predicted octanol–water partition coefficient (Wildman–Crippen LogP) is 4.32. The van der Waals surface area contributed by atoms with E-state index in [1.807, 2.05) is 10.7 Å². The maximum atomic E-state index is 13.3. The first kappa shape index (κ1) is 21.1. The molecule has 0 radical (unpaired) electrons. The summed E-state index contributed by atoms with van der Waals surface area (Å²) in [6.07, 6.45) is 4.00. The highest BCUT2D eigenvalue weighted by atomic mass is 32.2. The molecular formula is C23H26N4O3S. The zero-order valence-corrected chi connectivity index (χ0v) is 18.4. The minimum atomic E-state index is -3.81. The summed E-state index contributed by atoms with van der Waals surface area (Å²) < 4.78 is 29.7. The Morgan fingerprint density at radius 1 is 1.16 bits per heavy atom. The normalized spacial score (nSPS) is 14.8. The third-order valence-corrected chi connectivity index (χ3v) is 7.52. The van der Waals surface area contributed by atoms with Crippen LogP contribution < -0.4 is 9.62 Å². The van der Waals surface area contributed by atoms with Crippen LogP contribution in [0.15, 0.2) is 71.8 Å². The minimum absolute atomic E-state index is 0.0747. The van der Waals surface area contributed by atoms with Crippen molar-refractivity contribution in [1.82, 2.24) is 9.78 Å². The van der Waals surface area contributed by atoms with Gasteiger partial charge in [-0.05, 0) is 62.9 Å². The SMILES string of the molecule is CCN(c1ccccc1)S(=O)(=O)c1cccc(C(=O)Nc2ccnn2[C@@H](C)C2CC2)c1. The summed E-state index contributed by atoms with van der Waals surface area (Å²) in [6.45, 7) is 4.15. The molecule has 31 heavy (non-hydrogen) atoms. The lowest BCUT2D eigenvalue weighted by atomic mass is 10.2. The largest absolute Gasteiger partial charge is 0.307 e. The van der Waals surface area contributed by atoms with Crippen LogP contribution in [0, 0.1) is 5.92 Å². The molecule has 1 aliphatic carbocycles. The summed E-state index contributed by atoms with van der Waals surface area (Å²) in [7, 11) is -3.81. The molecule has 1 N–H and O–H groups in total. The molecule has 0 spiro atoms. The first-order valence-electron chi connectivity index (χ1n) is 10.4. The van der Waals surface area contributed by atoms with Crippen LogP contribution in [-0.4, -0.2) is 30.7 Å². The summed E-state index contributed by atoms with van der Waals surface area (Å²) in [4.78, 5) is 13.0. The number of aromatic nitrogens is 2. The maximum Gasteiger partial charge on any atom is 0.264 e. The lowest BCUT2D eigenvalue weighted by molar-refractivity contribution is 0.102. The molecule has 7 nitrogen and oxygen atoms in total. The summed E-state index contributed by atoms with van der Waals surface area (Å²) in [5.74, 6) is 0.823. The van der Waals surface area contributed by atoms with Gasteiger partial charge in [-0.2, -0.15) is 5.10 Å². The molecule has 1 aromatic heterocycles. The van der Waals surface area contributed by atoms with E-state index in [1.54, 1.807) is 55.6 Å². The molecule has 0 unspecified atom stereocenters. The van der Waals surface area contributed by atoms with Crippen molar-refractivity contribution in [2.45, 2.75) is 37.6 Å². The van der Waals surface area contributed by atoms with E-state index in [4.69, 9.17) is 0 Å². The van der Waals surface area contributed by atoms with Gasteiger partial charge in [0.05, 0.1) is 22.8 Å². The Balaban J connectivity index is 1.58. The molecule has 1 saturated carbocycles. The second-order valence-electron chi connectivity index (χ2n) is 7.73. The molecular weight excluding hydrogens is 412 g/mol. The van der Waals surface area contributed by atoms with E-state index >= 15 is 0 Å². The number of rotatable bonds is 8. The first-order chi connectivity index (χ1) is 14.9. The van der Waals surface area contributed by atoms with Gasteiger partial charge in [0.25, 0.3) is 15.9 Å². The Hall–Kier alpha value is -3.13. The molecule has 0 aliphatic heterocycles. The number of benzene rings is 2. The Morgan fingerprint density at radius 3 is 2.58 bits per heavy atom. The van der Waals surface area contributed by atoms with Crippen molar-refractivity contribution in [3.8, 4) is 0 Å². The average molecular weight is 439 g/mol. The number of anilines is 2. The fourth-order valence-electron chi connectivity index (χ4n) is 3.72. The predicted molar refractivity (Wildman–Crippen MR) is 121 cm³/mol. The van der Waals surface area contributed by atoms with Gasteiger partial charge in [-0.1, -0.05) is 24.3 Å². The molecule has 8 heteroatoms. The Bertz CT molecular complexity index is 1170. The zero-order chi connectivity index (χ0) is 22.0. The monoisotopic (exact) mass is 438 g/mol. The highest BCUT2D eigenvalue weighted by Crippen LogP contribution is 2.40. The molecule has 162 valence electrons. The zero-order valence-electron chi connectivity index (χ0n) is 17.6.